The fourth-order valence-corrected chi connectivity index (χ4v) is 2.79. The van der Waals surface area contributed by atoms with Crippen LogP contribution in [0.4, 0.5) is 11.4 Å². The topological polar surface area (TPSA) is 58.2 Å². The molecule has 6 heteroatoms. The quantitative estimate of drug-likeness (QED) is 0.445. The number of hydrogen-bond donors (Lipinski definition) is 2. The van der Waals surface area contributed by atoms with Crippen LogP contribution >= 0.6 is 23.2 Å². The number of carbonyl (C=O) groups excluding carboxylic acids is 2. The summed E-state index contributed by atoms with van der Waals surface area (Å²) in [6, 6.07) is 21.2. The van der Waals surface area contributed by atoms with E-state index in [4.69, 9.17) is 23.2 Å². The number of rotatable bonds is 6. The van der Waals surface area contributed by atoms with Gasteiger partial charge in [-0.2, -0.15) is 0 Å². The average molecular weight is 437 g/mol. The molecule has 0 aliphatic rings. The van der Waals surface area contributed by atoms with Gasteiger partial charge in [0.05, 0.1) is 11.4 Å². The third kappa shape index (κ3) is 6.62. The van der Waals surface area contributed by atoms with E-state index in [1.165, 1.54) is 12.2 Å². The summed E-state index contributed by atoms with van der Waals surface area (Å²) < 4.78 is 0. The van der Waals surface area contributed by atoms with Crippen LogP contribution in [0.1, 0.15) is 11.1 Å². The Morgan fingerprint density at radius 1 is 0.600 bits per heavy atom. The van der Waals surface area contributed by atoms with Crippen molar-refractivity contribution in [2.75, 3.05) is 10.6 Å². The first-order valence-electron chi connectivity index (χ1n) is 9.08. The molecule has 3 aromatic carbocycles. The van der Waals surface area contributed by atoms with E-state index in [0.29, 0.717) is 21.4 Å². The molecule has 0 fully saturated rings. The van der Waals surface area contributed by atoms with E-state index < -0.39 is 0 Å². The summed E-state index contributed by atoms with van der Waals surface area (Å²) in [7, 11) is 0. The minimum Gasteiger partial charge on any atom is -0.321 e. The number of nitrogens with one attached hydrogen (secondary N) is 2. The van der Waals surface area contributed by atoms with E-state index >= 15 is 0 Å². The molecule has 0 unspecified atom stereocenters. The Morgan fingerprint density at radius 2 is 0.967 bits per heavy atom. The van der Waals surface area contributed by atoms with Gasteiger partial charge in [0.15, 0.2) is 0 Å². The van der Waals surface area contributed by atoms with Gasteiger partial charge in [-0.1, -0.05) is 59.6 Å². The number of halogens is 2. The number of anilines is 2. The molecule has 0 aliphatic carbocycles. The summed E-state index contributed by atoms with van der Waals surface area (Å²) in [6.45, 7) is 0. The molecule has 2 amide bonds. The van der Waals surface area contributed by atoms with Crippen molar-refractivity contribution in [3.8, 4) is 0 Å². The van der Waals surface area contributed by atoms with Gasteiger partial charge in [-0.15, -0.1) is 0 Å². The van der Waals surface area contributed by atoms with Gasteiger partial charge in [-0.3, -0.25) is 9.59 Å². The molecule has 0 heterocycles. The Morgan fingerprint density at radius 3 is 1.33 bits per heavy atom. The second kappa shape index (κ2) is 10.4. The van der Waals surface area contributed by atoms with E-state index in [-0.39, 0.29) is 11.8 Å². The Hall–Kier alpha value is -3.34. The van der Waals surface area contributed by atoms with Gasteiger partial charge in [0.25, 0.3) is 0 Å². The summed E-state index contributed by atoms with van der Waals surface area (Å²) in [5, 5.41) is 6.81. The molecule has 0 spiro atoms. The average Bonchev–Trinajstić information content (AvgIpc) is 2.74. The van der Waals surface area contributed by atoms with E-state index in [9.17, 15) is 9.59 Å². The highest BCUT2D eigenvalue weighted by molar-refractivity contribution is 6.30. The van der Waals surface area contributed by atoms with Gasteiger partial charge in [-0.25, -0.2) is 0 Å². The van der Waals surface area contributed by atoms with Crippen LogP contribution in [-0.4, -0.2) is 11.8 Å². The van der Waals surface area contributed by atoms with Gasteiger partial charge in [0.1, 0.15) is 0 Å². The first-order chi connectivity index (χ1) is 14.5. The number of amides is 2. The molecule has 0 aliphatic heterocycles. The fraction of sp³-hybridized carbons (Fsp3) is 0. The Kier molecular flexibility index (Phi) is 7.44. The van der Waals surface area contributed by atoms with Gasteiger partial charge >= 0.3 is 0 Å². The molecule has 0 saturated heterocycles. The van der Waals surface area contributed by atoms with Gasteiger partial charge in [-0.05, 0) is 59.7 Å². The minimum atomic E-state index is -0.316. The molecular formula is C24H18Cl2N2O2. The molecule has 3 rings (SSSR count). The molecule has 3 aromatic rings. The lowest BCUT2D eigenvalue weighted by Crippen LogP contribution is -2.13. The van der Waals surface area contributed by atoms with Crippen molar-refractivity contribution in [2.24, 2.45) is 0 Å². The molecule has 0 aromatic heterocycles. The van der Waals surface area contributed by atoms with Crippen molar-refractivity contribution >= 4 is 58.5 Å². The number of benzene rings is 3. The summed E-state index contributed by atoms with van der Waals surface area (Å²) in [5.41, 5.74) is 2.69. The maximum Gasteiger partial charge on any atom is 0.248 e. The van der Waals surface area contributed by atoms with Crippen molar-refractivity contribution in [1.29, 1.82) is 0 Å². The highest BCUT2D eigenvalue weighted by atomic mass is 35.5. The van der Waals surface area contributed by atoms with Crippen LogP contribution < -0.4 is 10.6 Å². The third-order valence-corrected chi connectivity index (χ3v) is 4.54. The molecular weight excluding hydrogens is 419 g/mol. The van der Waals surface area contributed by atoms with Crippen molar-refractivity contribution in [1.82, 2.24) is 0 Å². The van der Waals surface area contributed by atoms with Crippen LogP contribution in [0.3, 0.4) is 0 Å². The van der Waals surface area contributed by atoms with Crippen molar-refractivity contribution in [3.05, 3.63) is 106 Å². The van der Waals surface area contributed by atoms with Gasteiger partial charge < -0.3 is 10.6 Å². The molecule has 0 radical (unpaired) electrons. The Labute approximate surface area is 184 Å². The first kappa shape index (κ1) is 21.4. The van der Waals surface area contributed by atoms with Crippen LogP contribution in [0.5, 0.6) is 0 Å². The predicted octanol–water partition coefficient (Wildman–Crippen LogP) is 6.30. The van der Waals surface area contributed by atoms with Gasteiger partial charge in [0, 0.05) is 22.2 Å². The van der Waals surface area contributed by atoms with Crippen molar-refractivity contribution in [2.45, 2.75) is 0 Å². The molecule has 2 N–H and O–H groups in total. The van der Waals surface area contributed by atoms with Crippen molar-refractivity contribution in [3.63, 3.8) is 0 Å². The Balaban J connectivity index is 1.63. The minimum absolute atomic E-state index is 0.316. The van der Waals surface area contributed by atoms with Crippen LogP contribution in [-0.2, 0) is 9.59 Å². The van der Waals surface area contributed by atoms with E-state index in [1.807, 2.05) is 24.3 Å². The number of carbonyl (C=O) groups is 2. The zero-order chi connectivity index (χ0) is 21.3. The van der Waals surface area contributed by atoms with Crippen LogP contribution in [0, 0.1) is 0 Å². The van der Waals surface area contributed by atoms with Gasteiger partial charge in [0.2, 0.25) is 11.8 Å². The lowest BCUT2D eigenvalue weighted by atomic mass is 10.2. The SMILES string of the molecule is O=C(/C=C\c1ccc(Cl)cc1)Nc1ccccc1NC(=O)/C=C\c1ccc(Cl)cc1. The predicted molar refractivity (Wildman–Crippen MR) is 125 cm³/mol. The summed E-state index contributed by atoms with van der Waals surface area (Å²) in [6.07, 6.45) is 6.20. The first-order valence-corrected chi connectivity index (χ1v) is 9.83. The van der Waals surface area contributed by atoms with E-state index in [1.54, 1.807) is 60.7 Å². The second-order valence-corrected chi connectivity index (χ2v) is 7.17. The molecule has 0 bridgehead atoms. The standard InChI is InChI=1S/C24H18Cl2N2O2/c25-19-11-5-17(6-12-19)9-15-23(29)27-21-3-1-2-4-22(21)28-24(30)16-10-18-7-13-20(26)14-8-18/h1-16H,(H,27,29)(H,28,30)/b15-9-,16-10-. The molecule has 150 valence electrons. The second-order valence-electron chi connectivity index (χ2n) is 6.29. The summed E-state index contributed by atoms with van der Waals surface area (Å²) in [5.74, 6) is -0.633. The number of hydrogen-bond acceptors (Lipinski definition) is 2. The Bertz CT molecular complexity index is 1000. The molecule has 0 atom stereocenters. The maximum absolute atomic E-state index is 12.3. The lowest BCUT2D eigenvalue weighted by Gasteiger charge is -2.10. The lowest BCUT2D eigenvalue weighted by molar-refractivity contribution is -0.112. The molecule has 30 heavy (non-hydrogen) atoms. The molecule has 4 nitrogen and oxygen atoms in total. The van der Waals surface area contributed by atoms with Crippen LogP contribution in [0.15, 0.2) is 84.9 Å². The van der Waals surface area contributed by atoms with Crippen molar-refractivity contribution < 1.29 is 9.59 Å². The fourth-order valence-electron chi connectivity index (χ4n) is 2.54. The third-order valence-electron chi connectivity index (χ3n) is 4.04. The highest BCUT2D eigenvalue weighted by Crippen LogP contribution is 2.21. The highest BCUT2D eigenvalue weighted by Gasteiger charge is 2.06. The largest absolute Gasteiger partial charge is 0.321 e. The molecule has 0 saturated carbocycles. The monoisotopic (exact) mass is 436 g/mol. The van der Waals surface area contributed by atoms with E-state index in [0.717, 1.165) is 11.1 Å². The maximum atomic E-state index is 12.3. The normalized spacial score (nSPS) is 11.0. The number of para-hydroxylation sites is 2. The van der Waals surface area contributed by atoms with E-state index in [2.05, 4.69) is 10.6 Å². The van der Waals surface area contributed by atoms with Crippen LogP contribution in [0.25, 0.3) is 12.2 Å². The zero-order valence-corrected chi connectivity index (χ0v) is 17.3. The van der Waals surface area contributed by atoms with Crippen LogP contribution in [0.2, 0.25) is 10.0 Å². The summed E-state index contributed by atoms with van der Waals surface area (Å²) in [4.78, 5) is 24.5. The summed E-state index contributed by atoms with van der Waals surface area (Å²) >= 11 is 11.7. The zero-order valence-electron chi connectivity index (χ0n) is 15.8. The smallest absolute Gasteiger partial charge is 0.248 e.